The molecule has 0 aliphatic carbocycles. The first-order valence-electron chi connectivity index (χ1n) is 7.76. The summed E-state index contributed by atoms with van der Waals surface area (Å²) in [5.41, 5.74) is 2.15. The molecule has 0 saturated heterocycles. The number of hydrogen-bond donors (Lipinski definition) is 3. The second-order valence-electron chi connectivity index (χ2n) is 5.82. The lowest BCUT2D eigenvalue weighted by atomic mass is 10.1. The molecule has 132 valence electrons. The van der Waals surface area contributed by atoms with Crippen molar-refractivity contribution in [1.82, 2.24) is 0 Å². The van der Waals surface area contributed by atoms with E-state index in [0.717, 1.165) is 5.56 Å². The van der Waals surface area contributed by atoms with Crippen LogP contribution < -0.4 is 10.2 Å². The average Bonchev–Trinajstić information content (AvgIpc) is 2.70. The Hall–Kier alpha value is -2.77. The number of benzene rings is 2. The summed E-state index contributed by atoms with van der Waals surface area (Å²) in [6.07, 6.45) is -0.640. The van der Waals surface area contributed by atoms with Gasteiger partial charge in [-0.15, -0.1) is 0 Å². The molecular formula is C18H20N2O5. The van der Waals surface area contributed by atoms with Crippen LogP contribution >= 0.6 is 0 Å². The molecule has 3 N–H and O–H groups in total. The van der Waals surface area contributed by atoms with Crippen LogP contribution in [0.5, 0.6) is 11.5 Å². The highest BCUT2D eigenvalue weighted by molar-refractivity contribution is 6.15. The number of nitrogens with one attached hydrogen (secondary N) is 1. The van der Waals surface area contributed by atoms with Crippen molar-refractivity contribution >= 4 is 23.0 Å². The zero-order valence-electron chi connectivity index (χ0n) is 14.2. The van der Waals surface area contributed by atoms with Gasteiger partial charge >= 0.3 is 0 Å². The highest BCUT2D eigenvalue weighted by Crippen LogP contribution is 2.44. The Morgan fingerprint density at radius 2 is 1.84 bits per heavy atom. The Morgan fingerprint density at radius 3 is 2.52 bits per heavy atom. The Morgan fingerprint density at radius 1 is 1.12 bits per heavy atom. The molecule has 2 aromatic rings. The quantitative estimate of drug-likeness (QED) is 0.583. The molecule has 0 saturated carbocycles. The third-order valence-electron chi connectivity index (χ3n) is 4.16. The molecule has 3 rings (SSSR count). The van der Waals surface area contributed by atoms with E-state index < -0.39 is 6.29 Å². The number of rotatable bonds is 4. The first-order valence-corrected chi connectivity index (χ1v) is 7.76. The molecule has 0 radical (unpaired) electrons. The number of carbonyl (C=O) groups excluding carboxylic acids is 1. The van der Waals surface area contributed by atoms with Gasteiger partial charge in [-0.2, -0.15) is 0 Å². The summed E-state index contributed by atoms with van der Waals surface area (Å²) >= 11 is 0. The summed E-state index contributed by atoms with van der Waals surface area (Å²) in [4.78, 5) is 14.6. The predicted molar refractivity (Wildman–Crippen MR) is 93.7 cm³/mol. The summed E-state index contributed by atoms with van der Waals surface area (Å²) < 4.78 is 10.5. The van der Waals surface area contributed by atoms with Gasteiger partial charge in [-0.1, -0.05) is 6.07 Å². The molecule has 1 amide bonds. The van der Waals surface area contributed by atoms with Gasteiger partial charge in [-0.3, -0.25) is 4.79 Å². The molecule has 0 fully saturated rings. The van der Waals surface area contributed by atoms with Gasteiger partial charge < -0.3 is 29.9 Å². The summed E-state index contributed by atoms with van der Waals surface area (Å²) in [7, 11) is 2.98. The Balaban J connectivity index is 2.21. The van der Waals surface area contributed by atoms with E-state index in [2.05, 4.69) is 5.32 Å². The predicted octanol–water partition coefficient (Wildman–Crippen LogP) is 2.73. The van der Waals surface area contributed by atoms with Crippen LogP contribution in [0.1, 0.15) is 15.9 Å². The summed E-state index contributed by atoms with van der Waals surface area (Å²) in [6.45, 7) is 1.95. The number of ether oxygens (including phenoxy) is 2. The molecule has 25 heavy (non-hydrogen) atoms. The highest BCUT2D eigenvalue weighted by Gasteiger charge is 2.31. The third kappa shape index (κ3) is 2.99. The molecule has 0 unspecified atom stereocenters. The van der Waals surface area contributed by atoms with Crippen LogP contribution in [-0.4, -0.2) is 43.2 Å². The number of phenolic OH excluding ortho intramolecular Hbond substituents is 2. The minimum absolute atomic E-state index is 0.0183. The van der Waals surface area contributed by atoms with Gasteiger partial charge in [0.15, 0.2) is 6.29 Å². The minimum atomic E-state index is -0.640. The van der Waals surface area contributed by atoms with Gasteiger partial charge in [0.05, 0.1) is 23.5 Å². The fraction of sp³-hybridized carbons (Fsp3) is 0.278. The van der Waals surface area contributed by atoms with E-state index in [9.17, 15) is 15.0 Å². The van der Waals surface area contributed by atoms with Crippen LogP contribution in [0.4, 0.5) is 17.1 Å². The number of para-hydroxylation sites is 1. The van der Waals surface area contributed by atoms with Crippen LogP contribution in [0.25, 0.3) is 0 Å². The third-order valence-corrected chi connectivity index (χ3v) is 4.16. The van der Waals surface area contributed by atoms with Crippen molar-refractivity contribution in [3.8, 4) is 11.5 Å². The first kappa shape index (κ1) is 17.1. The van der Waals surface area contributed by atoms with Crippen molar-refractivity contribution < 1.29 is 24.5 Å². The number of phenols is 2. The average molecular weight is 344 g/mol. The lowest BCUT2D eigenvalue weighted by Gasteiger charge is -2.27. The molecule has 1 aliphatic heterocycles. The number of hydrogen-bond acceptors (Lipinski definition) is 6. The minimum Gasteiger partial charge on any atom is -0.506 e. The number of aromatic hydroxyl groups is 2. The van der Waals surface area contributed by atoms with Crippen LogP contribution in [0, 0.1) is 6.92 Å². The van der Waals surface area contributed by atoms with Gasteiger partial charge in [0.1, 0.15) is 17.2 Å². The molecule has 7 nitrogen and oxygen atoms in total. The molecular weight excluding hydrogens is 324 g/mol. The Labute approximate surface area is 145 Å². The number of fused-ring (bicyclic) bond motifs is 2. The zero-order chi connectivity index (χ0) is 18.1. The summed E-state index contributed by atoms with van der Waals surface area (Å²) in [6, 6.07) is 8.06. The van der Waals surface area contributed by atoms with Crippen molar-refractivity contribution in [2.24, 2.45) is 0 Å². The van der Waals surface area contributed by atoms with E-state index >= 15 is 0 Å². The van der Waals surface area contributed by atoms with Crippen molar-refractivity contribution in [2.75, 3.05) is 31.0 Å². The molecule has 0 spiro atoms. The molecule has 1 aliphatic rings. The highest BCUT2D eigenvalue weighted by atomic mass is 16.7. The van der Waals surface area contributed by atoms with E-state index in [-0.39, 0.29) is 29.6 Å². The lowest BCUT2D eigenvalue weighted by molar-refractivity contribution is -0.0941. The number of aryl methyl sites for hydroxylation is 1. The normalized spacial score (nSPS) is 13.3. The number of carbonyl (C=O) groups is 1. The topological polar surface area (TPSA) is 91.3 Å². The van der Waals surface area contributed by atoms with Crippen LogP contribution in [0.2, 0.25) is 0 Å². The van der Waals surface area contributed by atoms with Crippen molar-refractivity contribution in [3.05, 3.63) is 41.5 Å². The van der Waals surface area contributed by atoms with E-state index in [1.807, 2.05) is 6.92 Å². The van der Waals surface area contributed by atoms with Gasteiger partial charge in [0.2, 0.25) is 0 Å². The van der Waals surface area contributed by atoms with E-state index in [4.69, 9.17) is 9.47 Å². The largest absolute Gasteiger partial charge is 0.506 e. The fourth-order valence-corrected chi connectivity index (χ4v) is 2.89. The van der Waals surface area contributed by atoms with E-state index in [0.29, 0.717) is 16.9 Å². The van der Waals surface area contributed by atoms with Gasteiger partial charge in [0.25, 0.3) is 5.91 Å². The van der Waals surface area contributed by atoms with Crippen molar-refractivity contribution in [3.63, 3.8) is 0 Å². The molecule has 0 atom stereocenters. The molecule has 2 aromatic carbocycles. The lowest BCUT2D eigenvalue weighted by Crippen LogP contribution is -2.38. The number of anilines is 3. The SMILES string of the molecule is COC(CN1C(=O)c2cccc(O)c2Nc2c(O)cc(C)cc21)OC. The summed E-state index contributed by atoms with van der Waals surface area (Å²) in [5.74, 6) is -0.426. The fourth-order valence-electron chi connectivity index (χ4n) is 2.89. The van der Waals surface area contributed by atoms with Crippen molar-refractivity contribution in [2.45, 2.75) is 13.2 Å². The monoisotopic (exact) mass is 344 g/mol. The molecule has 1 heterocycles. The Kier molecular flexibility index (Phi) is 4.52. The maximum atomic E-state index is 13.1. The second-order valence-corrected chi connectivity index (χ2v) is 5.82. The van der Waals surface area contributed by atoms with Gasteiger partial charge in [-0.25, -0.2) is 0 Å². The first-order chi connectivity index (χ1) is 12.0. The molecule has 0 bridgehead atoms. The number of amides is 1. The smallest absolute Gasteiger partial charge is 0.260 e. The van der Waals surface area contributed by atoms with E-state index in [1.165, 1.54) is 25.2 Å². The van der Waals surface area contributed by atoms with Crippen LogP contribution in [0.3, 0.4) is 0 Å². The molecule has 0 aromatic heterocycles. The van der Waals surface area contributed by atoms with Crippen LogP contribution in [-0.2, 0) is 9.47 Å². The number of methoxy groups -OCH3 is 2. The standard InChI is InChI=1S/C18H20N2O5/c1-10-7-12-17(14(22)8-10)19-16-11(5-4-6-13(16)21)18(23)20(12)9-15(24-2)25-3/h4-8,15,19,21-22H,9H2,1-3H3. The summed E-state index contributed by atoms with van der Waals surface area (Å²) in [5, 5.41) is 23.5. The van der Waals surface area contributed by atoms with Gasteiger partial charge in [0, 0.05) is 14.2 Å². The molecule has 7 heteroatoms. The Bertz CT molecular complexity index is 817. The maximum absolute atomic E-state index is 13.1. The zero-order valence-corrected chi connectivity index (χ0v) is 14.2. The van der Waals surface area contributed by atoms with Crippen molar-refractivity contribution in [1.29, 1.82) is 0 Å². The second kappa shape index (κ2) is 6.62. The van der Waals surface area contributed by atoms with E-state index in [1.54, 1.807) is 24.3 Å². The van der Waals surface area contributed by atoms with Gasteiger partial charge in [-0.05, 0) is 36.8 Å². The number of nitrogens with zero attached hydrogens (tertiary/aromatic N) is 1. The van der Waals surface area contributed by atoms with Crippen LogP contribution in [0.15, 0.2) is 30.3 Å². The maximum Gasteiger partial charge on any atom is 0.260 e.